The normalized spacial score (nSPS) is 12.0. The number of carbonyl (C=O) groups excluding carboxylic acids is 1. The van der Waals surface area contributed by atoms with E-state index in [0.29, 0.717) is 31.3 Å². The molecule has 1 N–H and O–H groups in total. The van der Waals surface area contributed by atoms with E-state index in [2.05, 4.69) is 15.3 Å². The Bertz CT molecular complexity index is 411. The molecule has 0 aliphatic rings. The molecule has 7 nitrogen and oxygen atoms in total. The molecule has 0 saturated carbocycles. The van der Waals surface area contributed by atoms with Gasteiger partial charge in [0, 0.05) is 27.8 Å². The maximum absolute atomic E-state index is 12.5. The van der Waals surface area contributed by atoms with Crippen LogP contribution in [0.2, 0.25) is 0 Å². The summed E-state index contributed by atoms with van der Waals surface area (Å²) in [5.41, 5.74) is 0.308. The highest BCUT2D eigenvalue weighted by Gasteiger charge is 2.22. The molecule has 1 rings (SSSR count). The lowest BCUT2D eigenvalue weighted by molar-refractivity contribution is 0.0474. The minimum Gasteiger partial charge on any atom is -0.383 e. The average molecular weight is 282 g/mol. The van der Waals surface area contributed by atoms with Gasteiger partial charge in [-0.25, -0.2) is 9.97 Å². The number of anilines is 1. The van der Waals surface area contributed by atoms with Crippen molar-refractivity contribution < 1.29 is 14.3 Å². The van der Waals surface area contributed by atoms with Crippen molar-refractivity contribution in [2.75, 3.05) is 46.3 Å². The van der Waals surface area contributed by atoms with Crippen molar-refractivity contribution in [2.45, 2.75) is 13.0 Å². The Morgan fingerprint density at radius 3 is 2.60 bits per heavy atom. The van der Waals surface area contributed by atoms with E-state index in [4.69, 9.17) is 9.47 Å². The van der Waals surface area contributed by atoms with Gasteiger partial charge in [-0.2, -0.15) is 0 Å². The molecule has 0 fully saturated rings. The van der Waals surface area contributed by atoms with Gasteiger partial charge in [0.05, 0.1) is 31.6 Å². The fourth-order valence-corrected chi connectivity index (χ4v) is 1.76. The van der Waals surface area contributed by atoms with Crippen LogP contribution >= 0.6 is 0 Å². The Morgan fingerprint density at radius 1 is 1.35 bits per heavy atom. The SMILES string of the molecule is CNc1cnc(C(=O)N(CCOC)C(C)COC)cn1. The quantitative estimate of drug-likeness (QED) is 0.754. The summed E-state index contributed by atoms with van der Waals surface area (Å²) in [6.07, 6.45) is 3.00. The molecule has 112 valence electrons. The van der Waals surface area contributed by atoms with Crippen LogP contribution in [-0.2, 0) is 9.47 Å². The molecule has 0 bridgehead atoms. The maximum atomic E-state index is 12.5. The van der Waals surface area contributed by atoms with Crippen molar-refractivity contribution in [1.82, 2.24) is 14.9 Å². The van der Waals surface area contributed by atoms with Crippen LogP contribution in [0, 0.1) is 0 Å². The first-order chi connectivity index (χ1) is 9.63. The molecule has 1 aromatic heterocycles. The third kappa shape index (κ3) is 4.43. The van der Waals surface area contributed by atoms with Crippen LogP contribution < -0.4 is 5.32 Å². The van der Waals surface area contributed by atoms with Crippen molar-refractivity contribution in [3.8, 4) is 0 Å². The van der Waals surface area contributed by atoms with Gasteiger partial charge in [0.15, 0.2) is 0 Å². The Kier molecular flexibility index (Phi) is 6.89. The number of aromatic nitrogens is 2. The van der Waals surface area contributed by atoms with Crippen molar-refractivity contribution >= 4 is 11.7 Å². The molecule has 0 spiro atoms. The second kappa shape index (κ2) is 8.44. The van der Waals surface area contributed by atoms with E-state index in [1.165, 1.54) is 12.4 Å². The zero-order valence-electron chi connectivity index (χ0n) is 12.4. The number of nitrogens with one attached hydrogen (secondary N) is 1. The second-order valence-electron chi connectivity index (χ2n) is 4.33. The van der Waals surface area contributed by atoms with E-state index in [9.17, 15) is 4.79 Å². The van der Waals surface area contributed by atoms with Crippen molar-refractivity contribution in [3.05, 3.63) is 18.1 Å². The molecule has 1 aromatic rings. The number of nitrogens with zero attached hydrogens (tertiary/aromatic N) is 3. The van der Waals surface area contributed by atoms with Gasteiger partial charge in [0.1, 0.15) is 11.5 Å². The lowest BCUT2D eigenvalue weighted by atomic mass is 10.2. The van der Waals surface area contributed by atoms with Gasteiger partial charge in [-0.05, 0) is 6.92 Å². The van der Waals surface area contributed by atoms with Crippen LogP contribution in [0.15, 0.2) is 12.4 Å². The topological polar surface area (TPSA) is 76.6 Å². The summed E-state index contributed by atoms with van der Waals surface area (Å²) in [4.78, 5) is 22.4. The summed E-state index contributed by atoms with van der Waals surface area (Å²) in [5, 5.41) is 2.86. The molecular formula is C13H22N4O3. The molecule has 0 saturated heterocycles. The fraction of sp³-hybridized carbons (Fsp3) is 0.615. The van der Waals surface area contributed by atoms with Crippen molar-refractivity contribution in [1.29, 1.82) is 0 Å². The highest BCUT2D eigenvalue weighted by atomic mass is 16.5. The summed E-state index contributed by atoms with van der Waals surface area (Å²) in [6, 6.07) is -0.0616. The summed E-state index contributed by atoms with van der Waals surface area (Å²) in [7, 11) is 4.96. The molecule has 7 heteroatoms. The molecular weight excluding hydrogens is 260 g/mol. The third-order valence-electron chi connectivity index (χ3n) is 2.86. The van der Waals surface area contributed by atoms with Gasteiger partial charge in [-0.3, -0.25) is 4.79 Å². The number of hydrogen-bond acceptors (Lipinski definition) is 6. The lowest BCUT2D eigenvalue weighted by Gasteiger charge is -2.28. The largest absolute Gasteiger partial charge is 0.383 e. The minimum atomic E-state index is -0.179. The predicted octanol–water partition coefficient (Wildman–Crippen LogP) is 0.642. The first kappa shape index (κ1) is 16.3. The van der Waals surface area contributed by atoms with Crippen LogP contribution in [0.5, 0.6) is 0 Å². The highest BCUT2D eigenvalue weighted by Crippen LogP contribution is 2.08. The zero-order chi connectivity index (χ0) is 15.0. The van der Waals surface area contributed by atoms with E-state index >= 15 is 0 Å². The molecule has 1 amide bonds. The summed E-state index contributed by atoms with van der Waals surface area (Å²) in [6.45, 7) is 3.32. The average Bonchev–Trinajstić information content (AvgIpc) is 2.48. The van der Waals surface area contributed by atoms with Gasteiger partial charge in [-0.15, -0.1) is 0 Å². The zero-order valence-corrected chi connectivity index (χ0v) is 12.4. The maximum Gasteiger partial charge on any atom is 0.274 e. The molecule has 0 aromatic carbocycles. The Morgan fingerprint density at radius 2 is 2.10 bits per heavy atom. The van der Waals surface area contributed by atoms with Crippen LogP contribution in [0.1, 0.15) is 17.4 Å². The van der Waals surface area contributed by atoms with Crippen LogP contribution in [0.3, 0.4) is 0 Å². The van der Waals surface area contributed by atoms with Crippen molar-refractivity contribution in [2.24, 2.45) is 0 Å². The van der Waals surface area contributed by atoms with E-state index in [1.807, 2.05) is 6.92 Å². The summed E-state index contributed by atoms with van der Waals surface area (Å²) < 4.78 is 10.1. The van der Waals surface area contributed by atoms with Gasteiger partial charge in [0.25, 0.3) is 5.91 Å². The van der Waals surface area contributed by atoms with Crippen molar-refractivity contribution in [3.63, 3.8) is 0 Å². The standard InChI is InChI=1S/C13H22N4O3/c1-10(9-20-4)17(5-6-19-3)13(18)11-7-16-12(14-2)8-15-11/h7-8,10H,5-6,9H2,1-4H3,(H,14,16). The molecule has 20 heavy (non-hydrogen) atoms. The van der Waals surface area contributed by atoms with E-state index in [0.717, 1.165) is 0 Å². The van der Waals surface area contributed by atoms with Gasteiger partial charge in [0.2, 0.25) is 0 Å². The number of rotatable bonds is 8. The molecule has 1 unspecified atom stereocenters. The Hall–Kier alpha value is -1.73. The molecule has 0 aliphatic carbocycles. The number of methoxy groups -OCH3 is 2. The molecule has 0 radical (unpaired) electrons. The van der Waals surface area contributed by atoms with Crippen LogP contribution in [0.4, 0.5) is 5.82 Å². The molecule has 0 aliphatic heterocycles. The predicted molar refractivity (Wildman–Crippen MR) is 75.8 cm³/mol. The van der Waals surface area contributed by atoms with Gasteiger partial charge < -0.3 is 19.7 Å². The third-order valence-corrected chi connectivity index (χ3v) is 2.86. The van der Waals surface area contributed by atoms with E-state index in [1.54, 1.807) is 26.2 Å². The monoisotopic (exact) mass is 282 g/mol. The highest BCUT2D eigenvalue weighted by molar-refractivity contribution is 5.92. The number of ether oxygens (including phenoxy) is 2. The lowest BCUT2D eigenvalue weighted by Crippen LogP contribution is -2.43. The second-order valence-corrected chi connectivity index (χ2v) is 4.33. The first-order valence-electron chi connectivity index (χ1n) is 6.42. The van der Waals surface area contributed by atoms with Crippen LogP contribution in [-0.4, -0.2) is 67.8 Å². The summed E-state index contributed by atoms with van der Waals surface area (Å²) >= 11 is 0. The van der Waals surface area contributed by atoms with Gasteiger partial charge >= 0.3 is 0 Å². The molecule has 1 atom stereocenters. The summed E-state index contributed by atoms with van der Waals surface area (Å²) in [5.74, 6) is 0.441. The molecule has 1 heterocycles. The van der Waals surface area contributed by atoms with Gasteiger partial charge in [-0.1, -0.05) is 0 Å². The Balaban J connectivity index is 2.84. The number of amides is 1. The van der Waals surface area contributed by atoms with Crippen LogP contribution in [0.25, 0.3) is 0 Å². The smallest absolute Gasteiger partial charge is 0.274 e. The van der Waals surface area contributed by atoms with E-state index in [-0.39, 0.29) is 11.9 Å². The minimum absolute atomic E-state index is 0.0616. The number of carbonyl (C=O) groups is 1. The fourth-order valence-electron chi connectivity index (χ4n) is 1.76. The Labute approximate surface area is 119 Å². The number of hydrogen-bond donors (Lipinski definition) is 1. The first-order valence-corrected chi connectivity index (χ1v) is 6.42. The van der Waals surface area contributed by atoms with E-state index < -0.39 is 0 Å².